The number of halogens is 1. The number of primary amides is 1. The molecule has 2 aromatic carbocycles. The fourth-order valence-electron chi connectivity index (χ4n) is 3.89. The highest BCUT2D eigenvalue weighted by Gasteiger charge is 2.27. The lowest BCUT2D eigenvalue weighted by Crippen LogP contribution is -2.16. The van der Waals surface area contributed by atoms with Crippen LogP contribution in [0.15, 0.2) is 42.5 Å². The average molecular weight is 439 g/mol. The first kappa shape index (κ1) is 21.8. The predicted molar refractivity (Wildman–Crippen MR) is 119 cm³/mol. The highest BCUT2D eigenvalue weighted by atomic mass is 19.1. The molecule has 0 radical (unpaired) electrons. The Balaban J connectivity index is 1.49. The molecule has 32 heavy (non-hydrogen) atoms. The van der Waals surface area contributed by atoms with E-state index in [0.29, 0.717) is 37.7 Å². The van der Waals surface area contributed by atoms with Crippen LogP contribution in [0.5, 0.6) is 5.75 Å². The summed E-state index contributed by atoms with van der Waals surface area (Å²) in [5.41, 5.74) is 15.0. The van der Waals surface area contributed by atoms with Crippen LogP contribution in [0.1, 0.15) is 33.9 Å². The molecule has 1 fully saturated rings. The van der Waals surface area contributed by atoms with E-state index in [1.54, 1.807) is 17.9 Å². The van der Waals surface area contributed by atoms with Crippen molar-refractivity contribution in [2.45, 2.75) is 25.6 Å². The molecule has 2 heterocycles. The second kappa shape index (κ2) is 9.37. The lowest BCUT2D eigenvalue weighted by atomic mass is 10.0. The quantitative estimate of drug-likeness (QED) is 0.497. The monoisotopic (exact) mass is 439 g/mol. The molecule has 1 atom stereocenters. The average Bonchev–Trinajstić information content (AvgIpc) is 3.42. The third-order valence-electron chi connectivity index (χ3n) is 5.56. The molecular weight excluding hydrogens is 413 g/mol. The Morgan fingerprint density at radius 3 is 2.72 bits per heavy atom. The number of nitrogen functional groups attached to an aromatic ring is 1. The maximum absolute atomic E-state index is 13.5. The van der Waals surface area contributed by atoms with Gasteiger partial charge in [-0.3, -0.25) is 4.79 Å². The third-order valence-corrected chi connectivity index (χ3v) is 5.56. The zero-order chi connectivity index (χ0) is 22.7. The second-order valence-electron chi connectivity index (χ2n) is 7.69. The number of hydrogen-bond acceptors (Lipinski definition) is 6. The number of rotatable bonds is 8. The smallest absolute Gasteiger partial charge is 0.254 e. The van der Waals surface area contributed by atoms with E-state index >= 15 is 0 Å². The van der Waals surface area contributed by atoms with E-state index in [-0.39, 0.29) is 23.2 Å². The van der Waals surface area contributed by atoms with Crippen molar-refractivity contribution < 1.29 is 18.7 Å². The molecule has 9 heteroatoms. The van der Waals surface area contributed by atoms with E-state index in [0.717, 1.165) is 23.1 Å². The number of nitrogens with one attached hydrogen (secondary N) is 1. The standard InChI is InChI=1S/C23H26FN5O3/c1-31-19-7-6-17(24)10-16(19)12-27-11-14-2-4-15(5-3-14)21-20(23(26)30)22(25)29(28-21)18-8-9-32-13-18/h2-7,10,18,27H,8-9,11-13,25H2,1H3,(H2,26,30). The number of benzene rings is 2. The summed E-state index contributed by atoms with van der Waals surface area (Å²) in [5, 5.41) is 7.87. The number of anilines is 1. The van der Waals surface area contributed by atoms with Crippen molar-refractivity contribution >= 4 is 11.7 Å². The van der Waals surface area contributed by atoms with Crippen LogP contribution in [-0.4, -0.2) is 36.0 Å². The van der Waals surface area contributed by atoms with Gasteiger partial charge in [0.1, 0.15) is 28.6 Å². The van der Waals surface area contributed by atoms with Crippen LogP contribution in [0.2, 0.25) is 0 Å². The van der Waals surface area contributed by atoms with E-state index in [1.165, 1.54) is 12.1 Å². The number of nitrogens with zero attached hydrogens (tertiary/aromatic N) is 2. The van der Waals surface area contributed by atoms with Crippen LogP contribution >= 0.6 is 0 Å². The molecule has 1 aromatic heterocycles. The first-order chi connectivity index (χ1) is 15.5. The Labute approximate surface area is 185 Å². The van der Waals surface area contributed by atoms with E-state index in [2.05, 4.69) is 10.4 Å². The molecule has 1 aliphatic heterocycles. The van der Waals surface area contributed by atoms with Gasteiger partial charge in [-0.15, -0.1) is 0 Å². The lowest BCUT2D eigenvalue weighted by Gasteiger charge is -2.10. The van der Waals surface area contributed by atoms with Crippen molar-refractivity contribution in [1.29, 1.82) is 0 Å². The Bertz CT molecular complexity index is 1110. The molecule has 1 saturated heterocycles. The summed E-state index contributed by atoms with van der Waals surface area (Å²) in [6.07, 6.45) is 0.782. The molecule has 0 bridgehead atoms. The maximum Gasteiger partial charge on any atom is 0.254 e. The van der Waals surface area contributed by atoms with Gasteiger partial charge in [0.25, 0.3) is 5.91 Å². The fourth-order valence-corrected chi connectivity index (χ4v) is 3.89. The van der Waals surface area contributed by atoms with Crippen LogP contribution in [-0.2, 0) is 17.8 Å². The van der Waals surface area contributed by atoms with Gasteiger partial charge < -0.3 is 26.3 Å². The number of nitrogens with two attached hydrogens (primary N) is 2. The van der Waals surface area contributed by atoms with Gasteiger partial charge in [0, 0.05) is 30.8 Å². The van der Waals surface area contributed by atoms with Crippen molar-refractivity contribution in [2.24, 2.45) is 5.73 Å². The number of carbonyl (C=O) groups excluding carboxylic acids is 1. The first-order valence-electron chi connectivity index (χ1n) is 10.4. The van der Waals surface area contributed by atoms with Gasteiger partial charge in [-0.25, -0.2) is 9.07 Å². The van der Waals surface area contributed by atoms with Crippen LogP contribution in [0, 0.1) is 5.82 Å². The largest absolute Gasteiger partial charge is 0.496 e. The molecule has 5 N–H and O–H groups in total. The minimum absolute atomic E-state index is 0.00913. The van der Waals surface area contributed by atoms with Crippen LogP contribution in [0.25, 0.3) is 11.3 Å². The third kappa shape index (κ3) is 4.44. The molecule has 0 saturated carbocycles. The van der Waals surface area contributed by atoms with Crippen molar-refractivity contribution in [1.82, 2.24) is 15.1 Å². The van der Waals surface area contributed by atoms with E-state index in [1.807, 2.05) is 24.3 Å². The molecule has 4 rings (SSSR count). The molecule has 168 valence electrons. The van der Waals surface area contributed by atoms with Crippen molar-refractivity contribution in [3.63, 3.8) is 0 Å². The van der Waals surface area contributed by atoms with Gasteiger partial charge in [0.05, 0.1) is 19.8 Å². The predicted octanol–water partition coefficient (Wildman–Crippen LogP) is 2.63. The summed E-state index contributed by atoms with van der Waals surface area (Å²) in [6.45, 7) is 2.16. The zero-order valence-corrected chi connectivity index (χ0v) is 17.8. The number of hydrogen-bond donors (Lipinski definition) is 3. The van der Waals surface area contributed by atoms with E-state index < -0.39 is 5.91 Å². The number of methoxy groups -OCH3 is 1. The highest BCUT2D eigenvalue weighted by molar-refractivity contribution is 6.03. The fraction of sp³-hybridized carbons (Fsp3) is 0.304. The normalized spacial score (nSPS) is 15.8. The van der Waals surface area contributed by atoms with Gasteiger partial charge in [-0.05, 0) is 30.2 Å². The zero-order valence-electron chi connectivity index (χ0n) is 17.8. The minimum atomic E-state index is -0.613. The van der Waals surface area contributed by atoms with Crippen LogP contribution in [0.3, 0.4) is 0 Å². The molecule has 8 nitrogen and oxygen atoms in total. The van der Waals surface area contributed by atoms with Crippen molar-refractivity contribution in [2.75, 3.05) is 26.1 Å². The lowest BCUT2D eigenvalue weighted by molar-refractivity contribution is 0.100. The summed E-state index contributed by atoms with van der Waals surface area (Å²) in [5.74, 6) is -0.0237. The number of aromatic nitrogens is 2. The molecule has 3 aromatic rings. The Hall–Kier alpha value is -3.43. The van der Waals surface area contributed by atoms with E-state index in [4.69, 9.17) is 20.9 Å². The molecular formula is C23H26FN5O3. The van der Waals surface area contributed by atoms with Gasteiger partial charge in [-0.2, -0.15) is 5.10 Å². The summed E-state index contributed by atoms with van der Waals surface area (Å²) >= 11 is 0. The minimum Gasteiger partial charge on any atom is -0.496 e. The van der Waals surface area contributed by atoms with Gasteiger partial charge in [0.2, 0.25) is 0 Å². The van der Waals surface area contributed by atoms with Gasteiger partial charge in [0.15, 0.2) is 0 Å². The SMILES string of the molecule is COc1ccc(F)cc1CNCc1ccc(-c2nn(C3CCOC3)c(N)c2C(N)=O)cc1. The number of ether oxygens (including phenoxy) is 2. The van der Waals surface area contributed by atoms with Crippen LogP contribution < -0.4 is 21.5 Å². The second-order valence-corrected chi connectivity index (χ2v) is 7.69. The molecule has 1 aliphatic rings. The van der Waals surface area contributed by atoms with Crippen molar-refractivity contribution in [3.05, 3.63) is 65.0 Å². The topological polar surface area (TPSA) is 117 Å². The van der Waals surface area contributed by atoms with Gasteiger partial charge in [-0.1, -0.05) is 24.3 Å². The first-order valence-corrected chi connectivity index (χ1v) is 10.4. The van der Waals surface area contributed by atoms with E-state index in [9.17, 15) is 9.18 Å². The molecule has 1 unspecified atom stereocenters. The summed E-state index contributed by atoms with van der Waals surface area (Å²) < 4.78 is 25.9. The molecule has 0 spiro atoms. The van der Waals surface area contributed by atoms with Crippen LogP contribution in [0.4, 0.5) is 10.2 Å². The van der Waals surface area contributed by atoms with Crippen molar-refractivity contribution in [3.8, 4) is 17.0 Å². The summed E-state index contributed by atoms with van der Waals surface area (Å²) in [7, 11) is 1.56. The Morgan fingerprint density at radius 1 is 1.28 bits per heavy atom. The Morgan fingerprint density at radius 2 is 2.06 bits per heavy atom. The summed E-state index contributed by atoms with van der Waals surface area (Å²) in [6, 6.07) is 12.1. The number of amides is 1. The Kier molecular flexibility index (Phi) is 6.38. The molecule has 0 aliphatic carbocycles. The number of carbonyl (C=O) groups is 1. The summed E-state index contributed by atoms with van der Waals surface area (Å²) in [4.78, 5) is 12.1. The molecule has 1 amide bonds. The van der Waals surface area contributed by atoms with Gasteiger partial charge >= 0.3 is 0 Å². The highest BCUT2D eigenvalue weighted by Crippen LogP contribution is 2.31. The maximum atomic E-state index is 13.5.